The van der Waals surface area contributed by atoms with Crippen molar-refractivity contribution in [1.82, 2.24) is 4.31 Å². The van der Waals surface area contributed by atoms with Crippen LogP contribution in [0.25, 0.3) is 0 Å². The van der Waals surface area contributed by atoms with Gasteiger partial charge < -0.3 is 5.11 Å². The predicted octanol–water partition coefficient (Wildman–Crippen LogP) is 2.17. The molecule has 0 aliphatic carbocycles. The first-order valence-electron chi connectivity index (χ1n) is 6.54. The molecule has 0 spiro atoms. The zero-order valence-electron chi connectivity index (χ0n) is 12.6. The minimum Gasteiger partial charge on any atom is -0.480 e. The Kier molecular flexibility index (Phi) is 5.47. The number of hydrogen-bond acceptors (Lipinski definition) is 3. The van der Waals surface area contributed by atoms with Gasteiger partial charge in [-0.15, -0.1) is 0 Å². The highest BCUT2D eigenvalue weighted by Gasteiger charge is 2.30. The Morgan fingerprint density at radius 1 is 1.29 bits per heavy atom. The van der Waals surface area contributed by atoms with E-state index in [0.717, 1.165) is 16.4 Å². The fourth-order valence-corrected chi connectivity index (χ4v) is 4.20. The van der Waals surface area contributed by atoms with Crippen LogP contribution in [0.4, 0.5) is 4.39 Å². The Balaban J connectivity index is 3.38. The minimum absolute atomic E-state index is 0.0224. The van der Waals surface area contributed by atoms with Crippen LogP contribution in [0, 0.1) is 25.6 Å². The molecule has 21 heavy (non-hydrogen) atoms. The van der Waals surface area contributed by atoms with E-state index in [2.05, 4.69) is 0 Å². The maximum atomic E-state index is 13.3. The molecule has 1 rings (SSSR count). The summed E-state index contributed by atoms with van der Waals surface area (Å²) in [5, 5.41) is 8.92. The van der Waals surface area contributed by atoms with Crippen molar-refractivity contribution in [3.63, 3.8) is 0 Å². The fraction of sp³-hybridized carbons (Fsp3) is 0.500. The molecule has 7 heteroatoms. The van der Waals surface area contributed by atoms with Crippen LogP contribution in [0.1, 0.15) is 25.0 Å². The Bertz CT molecular complexity index is 617. The molecule has 0 fully saturated rings. The summed E-state index contributed by atoms with van der Waals surface area (Å²) in [5.41, 5.74) is 0.540. The van der Waals surface area contributed by atoms with Crippen molar-refractivity contribution in [2.75, 3.05) is 13.1 Å². The van der Waals surface area contributed by atoms with E-state index < -0.39 is 28.4 Å². The van der Waals surface area contributed by atoms with Gasteiger partial charge in [0.15, 0.2) is 0 Å². The summed E-state index contributed by atoms with van der Waals surface area (Å²) in [7, 11) is -3.98. The van der Waals surface area contributed by atoms with Gasteiger partial charge in [-0.2, -0.15) is 4.31 Å². The molecule has 1 N–H and O–H groups in total. The second-order valence-electron chi connectivity index (χ2n) is 5.45. The van der Waals surface area contributed by atoms with Crippen LogP contribution in [-0.4, -0.2) is 36.9 Å². The SMILES string of the molecule is Cc1cc(F)cc(C)c1S(=O)(=O)N(CC(=O)O)CC(C)C. The number of carboxylic acid groups (broad SMARTS) is 1. The Morgan fingerprint density at radius 3 is 2.14 bits per heavy atom. The molecule has 0 heterocycles. The largest absolute Gasteiger partial charge is 0.480 e. The van der Waals surface area contributed by atoms with Crippen LogP contribution < -0.4 is 0 Å². The second-order valence-corrected chi connectivity index (χ2v) is 7.33. The lowest BCUT2D eigenvalue weighted by molar-refractivity contribution is -0.137. The van der Waals surface area contributed by atoms with Crippen molar-refractivity contribution in [3.05, 3.63) is 29.1 Å². The minimum atomic E-state index is -3.98. The van der Waals surface area contributed by atoms with E-state index in [1.807, 2.05) is 0 Å². The molecule has 0 aromatic heterocycles. The van der Waals surface area contributed by atoms with Crippen LogP contribution in [-0.2, 0) is 14.8 Å². The van der Waals surface area contributed by atoms with Gasteiger partial charge in [-0.05, 0) is 43.0 Å². The number of carboxylic acids is 1. The van der Waals surface area contributed by atoms with Gasteiger partial charge in [0.1, 0.15) is 12.4 Å². The van der Waals surface area contributed by atoms with Crippen molar-refractivity contribution in [2.24, 2.45) is 5.92 Å². The van der Waals surface area contributed by atoms with Crippen LogP contribution in [0.5, 0.6) is 0 Å². The molecular weight excluding hydrogens is 297 g/mol. The van der Waals surface area contributed by atoms with Crippen molar-refractivity contribution < 1.29 is 22.7 Å². The molecule has 5 nitrogen and oxygen atoms in total. The highest BCUT2D eigenvalue weighted by atomic mass is 32.2. The molecule has 0 saturated heterocycles. The molecule has 0 amide bonds. The number of sulfonamides is 1. The van der Waals surface area contributed by atoms with Crippen molar-refractivity contribution >= 4 is 16.0 Å². The summed E-state index contributed by atoms with van der Waals surface area (Å²) >= 11 is 0. The quantitative estimate of drug-likeness (QED) is 0.872. The highest BCUT2D eigenvalue weighted by Crippen LogP contribution is 2.25. The van der Waals surface area contributed by atoms with Crippen LogP contribution in [0.15, 0.2) is 17.0 Å². The number of carbonyl (C=O) groups is 1. The lowest BCUT2D eigenvalue weighted by Crippen LogP contribution is -2.38. The van der Waals surface area contributed by atoms with E-state index in [4.69, 9.17) is 5.11 Å². The molecule has 0 unspecified atom stereocenters. The van der Waals surface area contributed by atoms with Crippen LogP contribution in [0.3, 0.4) is 0 Å². The van der Waals surface area contributed by atoms with Crippen molar-refractivity contribution in [3.8, 4) is 0 Å². The number of aliphatic carboxylic acids is 1. The summed E-state index contributed by atoms with van der Waals surface area (Å²) in [5.74, 6) is -1.77. The standard InChI is InChI=1S/C14H20FNO4S/c1-9(2)7-16(8-13(17)18)21(19,20)14-10(3)5-12(15)6-11(14)4/h5-6,9H,7-8H2,1-4H3,(H,17,18). The molecule has 0 saturated carbocycles. The maximum Gasteiger partial charge on any atom is 0.318 e. The van der Waals surface area contributed by atoms with Gasteiger partial charge in [-0.1, -0.05) is 13.8 Å². The second kappa shape index (κ2) is 6.53. The predicted molar refractivity (Wildman–Crippen MR) is 77.1 cm³/mol. The van der Waals surface area contributed by atoms with E-state index >= 15 is 0 Å². The number of benzene rings is 1. The summed E-state index contributed by atoms with van der Waals surface area (Å²) in [4.78, 5) is 10.9. The zero-order chi connectivity index (χ0) is 16.4. The van der Waals surface area contributed by atoms with Gasteiger partial charge in [0, 0.05) is 6.54 Å². The van der Waals surface area contributed by atoms with Gasteiger partial charge in [-0.25, -0.2) is 12.8 Å². The monoisotopic (exact) mass is 317 g/mol. The van der Waals surface area contributed by atoms with Gasteiger partial charge in [0.25, 0.3) is 0 Å². The molecule has 1 aromatic carbocycles. The van der Waals surface area contributed by atoms with E-state index in [-0.39, 0.29) is 28.5 Å². The normalized spacial score (nSPS) is 12.1. The van der Waals surface area contributed by atoms with E-state index in [1.54, 1.807) is 13.8 Å². The first-order valence-corrected chi connectivity index (χ1v) is 7.98. The first-order chi connectivity index (χ1) is 9.55. The molecule has 0 atom stereocenters. The summed E-state index contributed by atoms with van der Waals surface area (Å²) in [6.07, 6.45) is 0. The summed E-state index contributed by atoms with van der Waals surface area (Å²) < 4.78 is 39.6. The van der Waals surface area contributed by atoms with E-state index in [1.165, 1.54) is 13.8 Å². The molecule has 0 aliphatic rings. The molecular formula is C14H20FNO4S. The molecule has 0 aliphatic heterocycles. The van der Waals surface area contributed by atoms with Gasteiger partial charge in [-0.3, -0.25) is 4.79 Å². The Morgan fingerprint density at radius 2 is 1.76 bits per heavy atom. The van der Waals surface area contributed by atoms with Crippen molar-refractivity contribution in [2.45, 2.75) is 32.6 Å². The Hall–Kier alpha value is -1.47. The summed E-state index contributed by atoms with van der Waals surface area (Å²) in [6.45, 7) is 6.07. The Labute approximate surface area is 124 Å². The van der Waals surface area contributed by atoms with Crippen molar-refractivity contribution in [1.29, 1.82) is 0 Å². The van der Waals surface area contributed by atoms with E-state index in [0.29, 0.717) is 0 Å². The maximum absolute atomic E-state index is 13.3. The van der Waals surface area contributed by atoms with Gasteiger partial charge >= 0.3 is 5.97 Å². The number of aryl methyl sites for hydroxylation is 2. The fourth-order valence-electron chi connectivity index (χ4n) is 2.24. The highest BCUT2D eigenvalue weighted by molar-refractivity contribution is 7.89. The van der Waals surface area contributed by atoms with Crippen LogP contribution >= 0.6 is 0 Å². The number of rotatable bonds is 6. The number of halogens is 1. The lowest BCUT2D eigenvalue weighted by atomic mass is 10.1. The van der Waals surface area contributed by atoms with E-state index in [9.17, 15) is 17.6 Å². The smallest absolute Gasteiger partial charge is 0.318 e. The topological polar surface area (TPSA) is 74.7 Å². The third kappa shape index (κ3) is 4.25. The van der Waals surface area contributed by atoms with Gasteiger partial charge in [0.05, 0.1) is 4.90 Å². The average Bonchev–Trinajstić information content (AvgIpc) is 2.24. The first kappa shape index (κ1) is 17.6. The number of nitrogens with zero attached hydrogens (tertiary/aromatic N) is 1. The number of hydrogen-bond donors (Lipinski definition) is 1. The molecule has 118 valence electrons. The average molecular weight is 317 g/mol. The molecule has 0 radical (unpaired) electrons. The van der Waals surface area contributed by atoms with Gasteiger partial charge in [0.2, 0.25) is 10.0 Å². The third-order valence-electron chi connectivity index (χ3n) is 2.90. The molecule has 0 bridgehead atoms. The zero-order valence-corrected chi connectivity index (χ0v) is 13.4. The lowest BCUT2D eigenvalue weighted by Gasteiger charge is -2.24. The third-order valence-corrected chi connectivity index (χ3v) is 5.02. The van der Waals surface area contributed by atoms with Crippen LogP contribution in [0.2, 0.25) is 0 Å². The summed E-state index contributed by atoms with van der Waals surface area (Å²) in [6, 6.07) is 2.27. The molecule has 1 aromatic rings.